The van der Waals surface area contributed by atoms with Crippen LogP contribution in [0.5, 0.6) is 17.2 Å². The van der Waals surface area contributed by atoms with Crippen molar-refractivity contribution in [3.63, 3.8) is 0 Å². The van der Waals surface area contributed by atoms with Crippen molar-refractivity contribution in [2.24, 2.45) is 0 Å². The number of anilines is 1. The predicted octanol–water partition coefficient (Wildman–Crippen LogP) is 4.93. The Bertz CT molecular complexity index is 695. The van der Waals surface area contributed by atoms with Crippen molar-refractivity contribution in [1.82, 2.24) is 0 Å². The maximum Gasteiger partial charge on any atom is 0.169 e. The zero-order valence-corrected chi connectivity index (χ0v) is 14.8. The van der Waals surface area contributed by atoms with E-state index in [9.17, 15) is 4.79 Å². The highest BCUT2D eigenvalue weighted by molar-refractivity contribution is 5.97. The summed E-state index contributed by atoms with van der Waals surface area (Å²) in [6, 6.07) is 13.1. The van der Waals surface area contributed by atoms with Crippen molar-refractivity contribution in [1.29, 1.82) is 0 Å². The Morgan fingerprint density at radius 2 is 1.71 bits per heavy atom. The second-order valence-electron chi connectivity index (χ2n) is 5.75. The van der Waals surface area contributed by atoms with Crippen LogP contribution >= 0.6 is 0 Å². The molecule has 0 aliphatic rings. The van der Waals surface area contributed by atoms with E-state index in [2.05, 4.69) is 6.92 Å². The van der Waals surface area contributed by atoms with Gasteiger partial charge in [0.05, 0.1) is 12.3 Å². The Morgan fingerprint density at radius 1 is 1.00 bits per heavy atom. The van der Waals surface area contributed by atoms with Crippen molar-refractivity contribution < 1.29 is 14.3 Å². The topological polar surface area (TPSA) is 38.8 Å². The van der Waals surface area contributed by atoms with Crippen molar-refractivity contribution >= 4 is 11.5 Å². The molecule has 4 nitrogen and oxygen atoms in total. The minimum atomic E-state index is 0.122. The SMILES string of the molecule is CCCOc1ccccc1Oc1ccc(C(=O)CC)cc1N(C)C. The molecule has 2 aromatic rings. The van der Waals surface area contributed by atoms with Crippen LogP contribution < -0.4 is 14.4 Å². The van der Waals surface area contributed by atoms with Crippen molar-refractivity contribution in [2.45, 2.75) is 26.7 Å². The van der Waals surface area contributed by atoms with Gasteiger partial charge in [-0.2, -0.15) is 0 Å². The van der Waals surface area contributed by atoms with E-state index in [0.29, 0.717) is 30.1 Å². The first-order chi connectivity index (χ1) is 11.6. The normalized spacial score (nSPS) is 10.3. The molecular weight excluding hydrogens is 302 g/mol. The van der Waals surface area contributed by atoms with Crippen molar-refractivity contribution in [3.05, 3.63) is 48.0 Å². The zero-order valence-electron chi connectivity index (χ0n) is 14.8. The van der Waals surface area contributed by atoms with Gasteiger partial charge in [-0.15, -0.1) is 0 Å². The van der Waals surface area contributed by atoms with Gasteiger partial charge in [-0.05, 0) is 36.8 Å². The average molecular weight is 327 g/mol. The lowest BCUT2D eigenvalue weighted by Gasteiger charge is -2.19. The van der Waals surface area contributed by atoms with Gasteiger partial charge in [0.1, 0.15) is 0 Å². The van der Waals surface area contributed by atoms with Crippen LogP contribution in [0.4, 0.5) is 5.69 Å². The second-order valence-corrected chi connectivity index (χ2v) is 5.75. The molecule has 0 amide bonds. The quantitative estimate of drug-likeness (QED) is 0.645. The van der Waals surface area contributed by atoms with E-state index in [0.717, 1.165) is 17.9 Å². The van der Waals surface area contributed by atoms with Crippen LogP contribution in [0.1, 0.15) is 37.0 Å². The smallest absolute Gasteiger partial charge is 0.169 e. The summed E-state index contributed by atoms with van der Waals surface area (Å²) in [6.07, 6.45) is 1.42. The maximum atomic E-state index is 12.0. The van der Waals surface area contributed by atoms with E-state index >= 15 is 0 Å². The predicted molar refractivity (Wildman–Crippen MR) is 97.7 cm³/mol. The van der Waals surface area contributed by atoms with Crippen molar-refractivity contribution in [2.75, 3.05) is 25.6 Å². The Hall–Kier alpha value is -2.49. The summed E-state index contributed by atoms with van der Waals surface area (Å²) in [6.45, 7) is 4.57. The zero-order chi connectivity index (χ0) is 17.5. The fraction of sp³-hybridized carbons (Fsp3) is 0.350. The van der Waals surface area contributed by atoms with Gasteiger partial charge >= 0.3 is 0 Å². The molecule has 0 saturated heterocycles. The molecule has 0 aliphatic carbocycles. The minimum Gasteiger partial charge on any atom is -0.490 e. The highest BCUT2D eigenvalue weighted by Gasteiger charge is 2.13. The van der Waals surface area contributed by atoms with Crippen LogP contribution in [-0.4, -0.2) is 26.5 Å². The fourth-order valence-electron chi connectivity index (χ4n) is 2.31. The molecule has 0 saturated carbocycles. The van der Waals surface area contributed by atoms with E-state index in [4.69, 9.17) is 9.47 Å². The Labute approximate surface area is 144 Å². The van der Waals surface area contributed by atoms with E-state index in [1.807, 2.05) is 68.4 Å². The molecule has 0 N–H and O–H groups in total. The molecule has 0 bridgehead atoms. The van der Waals surface area contributed by atoms with E-state index in [-0.39, 0.29) is 5.78 Å². The first kappa shape index (κ1) is 17.9. The van der Waals surface area contributed by atoms with Gasteiger partial charge in [0.25, 0.3) is 0 Å². The Morgan fingerprint density at radius 3 is 2.33 bits per heavy atom. The summed E-state index contributed by atoms with van der Waals surface area (Å²) in [5.41, 5.74) is 1.56. The minimum absolute atomic E-state index is 0.122. The van der Waals surface area contributed by atoms with Crippen LogP contribution in [0, 0.1) is 0 Å². The highest BCUT2D eigenvalue weighted by atomic mass is 16.5. The van der Waals surface area contributed by atoms with Gasteiger partial charge in [0.2, 0.25) is 0 Å². The van der Waals surface area contributed by atoms with Crippen molar-refractivity contribution in [3.8, 4) is 17.2 Å². The summed E-state index contributed by atoms with van der Waals surface area (Å²) >= 11 is 0. The highest BCUT2D eigenvalue weighted by Crippen LogP contribution is 2.36. The molecule has 0 radical (unpaired) electrons. The standard InChI is InChI=1S/C20H25NO3/c1-5-13-23-19-9-7-8-10-20(19)24-18-12-11-15(17(22)6-2)14-16(18)21(3)4/h7-12,14H,5-6,13H2,1-4H3. The molecule has 128 valence electrons. The molecule has 2 aromatic carbocycles. The molecule has 4 heteroatoms. The lowest BCUT2D eigenvalue weighted by atomic mass is 10.1. The summed E-state index contributed by atoms with van der Waals surface area (Å²) < 4.78 is 11.8. The Balaban J connectivity index is 2.34. The van der Waals surface area contributed by atoms with Crippen LogP contribution in [0.2, 0.25) is 0 Å². The third-order valence-electron chi connectivity index (χ3n) is 3.61. The van der Waals surface area contributed by atoms with Gasteiger partial charge in [0, 0.05) is 26.1 Å². The number of hydrogen-bond acceptors (Lipinski definition) is 4. The molecule has 2 rings (SSSR count). The lowest BCUT2D eigenvalue weighted by Crippen LogP contribution is -2.11. The molecule has 0 aromatic heterocycles. The second kappa shape index (κ2) is 8.39. The summed E-state index contributed by atoms with van der Waals surface area (Å²) in [4.78, 5) is 13.9. The number of carbonyl (C=O) groups is 1. The lowest BCUT2D eigenvalue weighted by molar-refractivity contribution is 0.0988. The molecule has 0 unspecified atom stereocenters. The van der Waals surface area contributed by atoms with Gasteiger partial charge < -0.3 is 14.4 Å². The molecule has 0 heterocycles. The number of carbonyl (C=O) groups excluding carboxylic acids is 1. The molecule has 0 atom stereocenters. The Kier molecular flexibility index (Phi) is 6.24. The molecule has 0 aliphatic heterocycles. The first-order valence-electron chi connectivity index (χ1n) is 8.31. The number of hydrogen-bond donors (Lipinski definition) is 0. The first-order valence-corrected chi connectivity index (χ1v) is 8.31. The third-order valence-corrected chi connectivity index (χ3v) is 3.61. The third kappa shape index (κ3) is 4.28. The number of ether oxygens (including phenoxy) is 2. The van der Waals surface area contributed by atoms with Crippen LogP contribution in [0.25, 0.3) is 0 Å². The van der Waals surface area contributed by atoms with E-state index in [1.54, 1.807) is 0 Å². The molecule has 0 fully saturated rings. The van der Waals surface area contributed by atoms with Gasteiger partial charge in [-0.3, -0.25) is 4.79 Å². The number of rotatable bonds is 8. The van der Waals surface area contributed by atoms with E-state index in [1.165, 1.54) is 0 Å². The monoisotopic (exact) mass is 327 g/mol. The molecule has 0 spiro atoms. The number of benzene rings is 2. The number of Topliss-reactive ketones (excluding diaryl/α,β-unsaturated/α-hetero) is 1. The fourth-order valence-corrected chi connectivity index (χ4v) is 2.31. The van der Waals surface area contributed by atoms with Crippen LogP contribution in [0.3, 0.4) is 0 Å². The number of ketones is 1. The maximum absolute atomic E-state index is 12.0. The van der Waals surface area contributed by atoms with Gasteiger partial charge in [0.15, 0.2) is 23.0 Å². The number of para-hydroxylation sites is 2. The van der Waals surface area contributed by atoms with E-state index < -0.39 is 0 Å². The number of nitrogens with zero attached hydrogens (tertiary/aromatic N) is 1. The largest absolute Gasteiger partial charge is 0.490 e. The summed E-state index contributed by atoms with van der Waals surface area (Å²) in [7, 11) is 3.86. The van der Waals surface area contributed by atoms with Gasteiger partial charge in [-0.25, -0.2) is 0 Å². The summed E-state index contributed by atoms with van der Waals surface area (Å²) in [5, 5.41) is 0. The average Bonchev–Trinajstić information content (AvgIpc) is 2.60. The summed E-state index contributed by atoms with van der Waals surface area (Å²) in [5.74, 6) is 2.21. The van der Waals surface area contributed by atoms with Gasteiger partial charge in [-0.1, -0.05) is 26.0 Å². The van der Waals surface area contributed by atoms with Crippen LogP contribution in [-0.2, 0) is 0 Å². The van der Waals surface area contributed by atoms with Crippen LogP contribution in [0.15, 0.2) is 42.5 Å². The molecular formula is C20H25NO3. The molecule has 24 heavy (non-hydrogen) atoms.